The van der Waals surface area contributed by atoms with Crippen molar-refractivity contribution in [2.75, 3.05) is 5.32 Å². The normalized spacial score (nSPS) is 11.4. The molecule has 0 aliphatic heterocycles. The Morgan fingerprint density at radius 3 is 2.74 bits per heavy atom. The van der Waals surface area contributed by atoms with Crippen molar-refractivity contribution in [3.05, 3.63) is 94.2 Å². The lowest BCUT2D eigenvalue weighted by atomic mass is 10.1. The number of carbonyl (C=O) groups is 1. The van der Waals surface area contributed by atoms with Gasteiger partial charge in [0.15, 0.2) is 0 Å². The predicted octanol–water partition coefficient (Wildman–Crippen LogP) is 4.56. The van der Waals surface area contributed by atoms with E-state index >= 15 is 0 Å². The number of aromatic nitrogens is 3. The summed E-state index contributed by atoms with van der Waals surface area (Å²) in [5.74, 6) is 0. The molecule has 4 rings (SSSR count). The first-order chi connectivity index (χ1) is 15.0. The molecule has 0 spiro atoms. The second-order valence-electron chi connectivity index (χ2n) is 7.52. The SMILES string of the molecule is C=C(/C=C\Nc1cc2c(cc1C)[nH]c(=O)c1nc(CCC=O)c(C)n12)c1ccccc1. The van der Waals surface area contributed by atoms with Gasteiger partial charge in [-0.3, -0.25) is 9.20 Å². The van der Waals surface area contributed by atoms with Gasteiger partial charge in [0.2, 0.25) is 5.65 Å². The highest BCUT2D eigenvalue weighted by atomic mass is 16.1. The van der Waals surface area contributed by atoms with E-state index in [0.717, 1.165) is 51.1 Å². The number of aryl methyl sites for hydroxylation is 3. The average molecular weight is 412 g/mol. The number of aromatic amines is 1. The number of hydrogen-bond donors (Lipinski definition) is 2. The second-order valence-corrected chi connectivity index (χ2v) is 7.52. The Kier molecular flexibility index (Phi) is 5.54. The molecule has 0 atom stereocenters. The standard InChI is InChI=1S/C25H24N4O2/c1-16(19-8-5-4-6-9-19)11-12-26-21-15-23-22(14-17(21)2)28-25(31)24-27-20(10-7-13-30)18(3)29(23)24/h4-6,8-9,11-15,26H,1,7,10H2,2-3H3,(H,28,31)/b12-11-. The van der Waals surface area contributed by atoms with Gasteiger partial charge >= 0.3 is 0 Å². The molecule has 0 aliphatic rings. The molecule has 0 bridgehead atoms. The molecule has 6 heteroatoms. The van der Waals surface area contributed by atoms with Gasteiger partial charge in [-0.1, -0.05) is 36.9 Å². The van der Waals surface area contributed by atoms with Crippen LogP contribution >= 0.6 is 0 Å². The number of hydrogen-bond acceptors (Lipinski definition) is 4. The Labute approximate surface area is 180 Å². The highest BCUT2D eigenvalue weighted by Gasteiger charge is 2.15. The number of fused-ring (bicyclic) bond motifs is 3. The number of carbonyl (C=O) groups excluding carboxylic acids is 1. The quantitative estimate of drug-likeness (QED) is 0.344. The van der Waals surface area contributed by atoms with Crippen molar-refractivity contribution in [2.24, 2.45) is 0 Å². The van der Waals surface area contributed by atoms with Crippen molar-refractivity contribution in [3.63, 3.8) is 0 Å². The molecule has 0 amide bonds. The number of H-pyrrole nitrogens is 1. The van der Waals surface area contributed by atoms with Crippen LogP contribution in [0.4, 0.5) is 5.69 Å². The first kappa shape index (κ1) is 20.3. The summed E-state index contributed by atoms with van der Waals surface area (Å²) in [7, 11) is 0. The smallest absolute Gasteiger partial charge is 0.292 e. The highest BCUT2D eigenvalue weighted by molar-refractivity contribution is 5.84. The molecule has 2 aromatic heterocycles. The van der Waals surface area contributed by atoms with E-state index < -0.39 is 0 Å². The van der Waals surface area contributed by atoms with Gasteiger partial charge in [0.25, 0.3) is 5.56 Å². The highest BCUT2D eigenvalue weighted by Crippen LogP contribution is 2.25. The summed E-state index contributed by atoms with van der Waals surface area (Å²) in [4.78, 5) is 30.8. The Morgan fingerprint density at radius 1 is 1.23 bits per heavy atom. The molecule has 6 nitrogen and oxygen atoms in total. The maximum Gasteiger partial charge on any atom is 0.292 e. The van der Waals surface area contributed by atoms with Crippen molar-refractivity contribution >= 4 is 34.2 Å². The molecule has 0 saturated carbocycles. The minimum atomic E-state index is -0.243. The molecule has 31 heavy (non-hydrogen) atoms. The van der Waals surface area contributed by atoms with E-state index in [2.05, 4.69) is 21.9 Å². The van der Waals surface area contributed by atoms with Crippen LogP contribution in [-0.2, 0) is 11.2 Å². The fraction of sp³-hybridized carbons (Fsp3) is 0.160. The van der Waals surface area contributed by atoms with Crippen molar-refractivity contribution in [1.82, 2.24) is 14.4 Å². The molecule has 2 N–H and O–H groups in total. The van der Waals surface area contributed by atoms with E-state index in [1.807, 2.05) is 73.0 Å². The van der Waals surface area contributed by atoms with Crippen LogP contribution in [0.3, 0.4) is 0 Å². The molecule has 0 unspecified atom stereocenters. The van der Waals surface area contributed by atoms with Crippen LogP contribution in [0.2, 0.25) is 0 Å². The van der Waals surface area contributed by atoms with Gasteiger partial charge in [-0.15, -0.1) is 0 Å². The predicted molar refractivity (Wildman–Crippen MR) is 125 cm³/mol. The zero-order chi connectivity index (χ0) is 22.0. The van der Waals surface area contributed by atoms with Gasteiger partial charge in [-0.25, -0.2) is 4.98 Å². The summed E-state index contributed by atoms with van der Waals surface area (Å²) in [5.41, 5.74) is 7.20. The molecule has 4 aromatic rings. The molecule has 2 heterocycles. The number of nitrogens with one attached hydrogen (secondary N) is 2. The third-order valence-corrected chi connectivity index (χ3v) is 5.41. The largest absolute Gasteiger partial charge is 0.361 e. The number of aldehydes is 1. The number of imidazole rings is 1. The van der Waals surface area contributed by atoms with E-state index in [-0.39, 0.29) is 5.56 Å². The number of allylic oxidation sites excluding steroid dienone is 2. The average Bonchev–Trinajstić information content (AvgIpc) is 3.10. The van der Waals surface area contributed by atoms with E-state index in [0.29, 0.717) is 18.5 Å². The summed E-state index contributed by atoms with van der Waals surface area (Å²) >= 11 is 0. The first-order valence-electron chi connectivity index (χ1n) is 10.1. The summed E-state index contributed by atoms with van der Waals surface area (Å²) < 4.78 is 1.87. The van der Waals surface area contributed by atoms with Crippen LogP contribution in [0.15, 0.2) is 66.1 Å². The van der Waals surface area contributed by atoms with Gasteiger partial charge in [-0.05, 0) is 55.2 Å². The minimum Gasteiger partial charge on any atom is -0.361 e. The lowest BCUT2D eigenvalue weighted by Gasteiger charge is -2.10. The maximum atomic E-state index is 12.6. The van der Waals surface area contributed by atoms with Crippen LogP contribution in [-0.4, -0.2) is 20.7 Å². The Morgan fingerprint density at radius 2 is 2.00 bits per heavy atom. The topological polar surface area (TPSA) is 79.3 Å². The first-order valence-corrected chi connectivity index (χ1v) is 10.1. The molecule has 156 valence electrons. The van der Waals surface area contributed by atoms with Crippen molar-refractivity contribution < 1.29 is 4.79 Å². The van der Waals surface area contributed by atoms with Gasteiger partial charge in [0, 0.05) is 24.0 Å². The third kappa shape index (κ3) is 3.92. The molecule has 0 aliphatic carbocycles. The monoisotopic (exact) mass is 412 g/mol. The van der Waals surface area contributed by atoms with Crippen LogP contribution < -0.4 is 10.9 Å². The summed E-state index contributed by atoms with van der Waals surface area (Å²) in [6.07, 6.45) is 5.55. The number of benzene rings is 2. The Hall–Kier alpha value is -3.93. The molecule has 0 saturated heterocycles. The van der Waals surface area contributed by atoms with E-state index in [4.69, 9.17) is 0 Å². The van der Waals surface area contributed by atoms with Crippen LogP contribution in [0.1, 0.15) is 28.9 Å². The fourth-order valence-corrected chi connectivity index (χ4v) is 3.72. The maximum absolute atomic E-state index is 12.6. The van der Waals surface area contributed by atoms with Crippen LogP contribution in [0, 0.1) is 13.8 Å². The van der Waals surface area contributed by atoms with Gasteiger partial charge in [0.05, 0.1) is 16.7 Å². The summed E-state index contributed by atoms with van der Waals surface area (Å²) in [6, 6.07) is 13.9. The lowest BCUT2D eigenvalue weighted by molar-refractivity contribution is -0.107. The summed E-state index contributed by atoms with van der Waals surface area (Å²) in [6.45, 7) is 8.03. The Balaban J connectivity index is 1.73. The molecular weight excluding hydrogens is 388 g/mol. The fourth-order valence-electron chi connectivity index (χ4n) is 3.72. The van der Waals surface area contributed by atoms with Crippen LogP contribution in [0.25, 0.3) is 22.3 Å². The molecule has 2 aromatic carbocycles. The Bertz CT molecular complexity index is 1380. The van der Waals surface area contributed by atoms with E-state index in [1.165, 1.54) is 0 Å². The zero-order valence-electron chi connectivity index (χ0n) is 17.6. The number of nitrogens with zero attached hydrogens (tertiary/aromatic N) is 2. The van der Waals surface area contributed by atoms with Gasteiger partial charge in [-0.2, -0.15) is 0 Å². The second kappa shape index (κ2) is 8.44. The molecular formula is C25H24N4O2. The van der Waals surface area contributed by atoms with Crippen molar-refractivity contribution in [1.29, 1.82) is 0 Å². The van der Waals surface area contributed by atoms with Crippen molar-refractivity contribution in [2.45, 2.75) is 26.7 Å². The van der Waals surface area contributed by atoms with Crippen LogP contribution in [0.5, 0.6) is 0 Å². The van der Waals surface area contributed by atoms with E-state index in [9.17, 15) is 9.59 Å². The molecule has 0 radical (unpaired) electrons. The lowest BCUT2D eigenvalue weighted by Crippen LogP contribution is -2.11. The van der Waals surface area contributed by atoms with Gasteiger partial charge in [0.1, 0.15) is 6.29 Å². The molecule has 0 fully saturated rings. The number of anilines is 1. The minimum absolute atomic E-state index is 0.243. The zero-order valence-corrected chi connectivity index (χ0v) is 17.6. The third-order valence-electron chi connectivity index (χ3n) is 5.41. The number of rotatable bonds is 7. The van der Waals surface area contributed by atoms with Gasteiger partial charge < -0.3 is 15.1 Å². The van der Waals surface area contributed by atoms with Crippen molar-refractivity contribution in [3.8, 4) is 0 Å². The summed E-state index contributed by atoms with van der Waals surface area (Å²) in [5, 5.41) is 3.33. The van der Waals surface area contributed by atoms with E-state index in [1.54, 1.807) is 0 Å².